The van der Waals surface area contributed by atoms with E-state index < -0.39 is 52.7 Å². The van der Waals surface area contributed by atoms with E-state index in [0.29, 0.717) is 5.56 Å². The lowest BCUT2D eigenvalue weighted by atomic mass is 9.78. The number of aliphatic hydroxyl groups excluding tert-OH is 1. The molecule has 0 bridgehead atoms. The Labute approximate surface area is 231 Å². The summed E-state index contributed by atoms with van der Waals surface area (Å²) in [6.45, 7) is 0. The van der Waals surface area contributed by atoms with E-state index in [4.69, 9.17) is 9.47 Å². The van der Waals surface area contributed by atoms with Crippen molar-refractivity contribution in [2.24, 2.45) is 0 Å². The molecule has 41 heavy (non-hydrogen) atoms. The number of benzene rings is 4. The van der Waals surface area contributed by atoms with Crippen molar-refractivity contribution in [2.45, 2.75) is 18.1 Å². The van der Waals surface area contributed by atoms with Gasteiger partial charge in [0.05, 0.1) is 17.0 Å². The predicted octanol–water partition coefficient (Wildman–Crippen LogP) is 4.19. The van der Waals surface area contributed by atoms with Crippen LogP contribution in [0.4, 0.5) is 0 Å². The highest BCUT2D eigenvalue weighted by Gasteiger charge is 2.46. The van der Waals surface area contributed by atoms with E-state index in [1.54, 1.807) is 0 Å². The molecule has 6 rings (SSSR count). The monoisotopic (exact) mass is 558 g/mol. The average molecular weight is 558 g/mol. The van der Waals surface area contributed by atoms with Crippen molar-refractivity contribution < 1.29 is 55.1 Å². The van der Waals surface area contributed by atoms with Crippen LogP contribution in [0.25, 0.3) is 5.76 Å². The SMILES string of the molecule is O=C1c2c(O)cc(O)cc2O[C@H](c2ccc(O)cc2)[C@H]1c1c(O)cc(O)c2c1OC(c1ccc(O)c(O)c1)=C[C@@H]2O. The number of phenolic OH excluding ortho intramolecular Hbond substituents is 7. The van der Waals surface area contributed by atoms with Gasteiger partial charge >= 0.3 is 0 Å². The van der Waals surface area contributed by atoms with E-state index in [1.165, 1.54) is 48.5 Å². The Morgan fingerprint density at radius 2 is 1.37 bits per heavy atom. The number of phenols is 7. The zero-order valence-electron chi connectivity index (χ0n) is 20.9. The first-order valence-corrected chi connectivity index (χ1v) is 12.3. The fourth-order valence-corrected chi connectivity index (χ4v) is 5.19. The number of aromatic hydroxyl groups is 7. The number of fused-ring (bicyclic) bond motifs is 2. The van der Waals surface area contributed by atoms with Crippen molar-refractivity contribution in [3.63, 3.8) is 0 Å². The maximum Gasteiger partial charge on any atom is 0.182 e. The van der Waals surface area contributed by atoms with Gasteiger partial charge in [0.25, 0.3) is 0 Å². The summed E-state index contributed by atoms with van der Waals surface area (Å²) < 4.78 is 12.2. The Bertz CT molecular complexity index is 1760. The Balaban J connectivity index is 1.57. The van der Waals surface area contributed by atoms with Gasteiger partial charge < -0.3 is 50.3 Å². The van der Waals surface area contributed by atoms with Crippen LogP contribution in [0.1, 0.15) is 50.7 Å². The van der Waals surface area contributed by atoms with Crippen molar-refractivity contribution in [1.82, 2.24) is 0 Å². The summed E-state index contributed by atoms with van der Waals surface area (Å²) in [5.74, 6) is -5.57. The van der Waals surface area contributed by atoms with Crippen molar-refractivity contribution in [3.8, 4) is 51.7 Å². The minimum Gasteiger partial charge on any atom is -0.508 e. The molecule has 0 saturated carbocycles. The number of hydrogen-bond donors (Lipinski definition) is 8. The maximum atomic E-state index is 14.1. The molecule has 11 nitrogen and oxygen atoms in total. The van der Waals surface area contributed by atoms with Gasteiger partial charge in [-0.1, -0.05) is 12.1 Å². The second kappa shape index (κ2) is 9.28. The summed E-state index contributed by atoms with van der Waals surface area (Å²) in [7, 11) is 0. The van der Waals surface area contributed by atoms with Crippen LogP contribution in [-0.2, 0) is 0 Å². The largest absolute Gasteiger partial charge is 0.508 e. The second-order valence-electron chi connectivity index (χ2n) is 9.66. The molecule has 208 valence electrons. The van der Waals surface area contributed by atoms with Crippen LogP contribution in [-0.4, -0.2) is 46.6 Å². The van der Waals surface area contributed by atoms with Crippen LogP contribution in [0.2, 0.25) is 0 Å². The Hall–Kier alpha value is -5.55. The molecule has 0 saturated heterocycles. The maximum absolute atomic E-state index is 14.1. The number of aliphatic hydroxyl groups is 1. The van der Waals surface area contributed by atoms with Crippen LogP contribution in [0, 0.1) is 0 Å². The van der Waals surface area contributed by atoms with Crippen LogP contribution in [0.3, 0.4) is 0 Å². The van der Waals surface area contributed by atoms with Gasteiger partial charge in [0.15, 0.2) is 17.3 Å². The van der Waals surface area contributed by atoms with E-state index in [9.17, 15) is 45.6 Å². The third-order valence-corrected chi connectivity index (χ3v) is 7.08. The van der Waals surface area contributed by atoms with E-state index in [2.05, 4.69) is 0 Å². The first kappa shape index (κ1) is 25.7. The smallest absolute Gasteiger partial charge is 0.182 e. The summed E-state index contributed by atoms with van der Waals surface area (Å²) in [6.07, 6.45) is -1.47. The molecule has 4 aromatic carbocycles. The summed E-state index contributed by atoms with van der Waals surface area (Å²) >= 11 is 0. The summed E-state index contributed by atoms with van der Waals surface area (Å²) in [6, 6.07) is 12.5. The van der Waals surface area contributed by atoms with Crippen LogP contribution in [0.15, 0.2) is 66.7 Å². The van der Waals surface area contributed by atoms with Crippen molar-refractivity contribution in [1.29, 1.82) is 0 Å². The van der Waals surface area contributed by atoms with Crippen LogP contribution < -0.4 is 9.47 Å². The quantitative estimate of drug-likeness (QED) is 0.168. The lowest BCUT2D eigenvalue weighted by Gasteiger charge is -2.36. The van der Waals surface area contributed by atoms with E-state index in [1.807, 2.05) is 0 Å². The third-order valence-electron chi connectivity index (χ3n) is 7.08. The molecule has 0 fully saturated rings. The summed E-state index contributed by atoms with van der Waals surface area (Å²) in [5, 5.41) is 83.0. The number of ketones is 1. The van der Waals surface area contributed by atoms with Crippen molar-refractivity contribution in [3.05, 3.63) is 94.6 Å². The molecule has 0 spiro atoms. The number of carbonyl (C=O) groups excluding carboxylic acids is 1. The zero-order chi connectivity index (χ0) is 29.2. The fourth-order valence-electron chi connectivity index (χ4n) is 5.19. The average Bonchev–Trinajstić information content (AvgIpc) is 2.90. The predicted molar refractivity (Wildman–Crippen MR) is 141 cm³/mol. The standard InChI is InChI=1S/C30H22O11/c31-14-4-1-12(2-5-14)29-27(28(39)25-18(35)8-15(32)9-23(25)41-29)26-20(37)10-19(36)24-21(38)11-22(40-30(24)26)13-3-6-16(33)17(34)7-13/h1-11,21,27,29,31-38H/t21-,27-,29+/m0/s1. The Morgan fingerprint density at radius 3 is 2.07 bits per heavy atom. The van der Waals surface area contributed by atoms with Gasteiger partial charge in [-0.05, 0) is 42.0 Å². The molecule has 4 aromatic rings. The van der Waals surface area contributed by atoms with Gasteiger partial charge in [0.2, 0.25) is 0 Å². The molecule has 0 aromatic heterocycles. The number of Topliss-reactive ketones (excluding diaryl/α,β-unsaturated/α-hetero) is 1. The number of rotatable bonds is 3. The van der Waals surface area contributed by atoms with Gasteiger partial charge in [-0.15, -0.1) is 0 Å². The molecule has 0 unspecified atom stereocenters. The van der Waals surface area contributed by atoms with E-state index >= 15 is 0 Å². The third kappa shape index (κ3) is 4.15. The summed E-state index contributed by atoms with van der Waals surface area (Å²) in [4.78, 5) is 14.1. The summed E-state index contributed by atoms with van der Waals surface area (Å²) in [5.41, 5.74) is -0.0428. The molecule has 3 atom stereocenters. The molecule has 2 aliphatic rings. The van der Waals surface area contributed by atoms with Gasteiger partial charge in [-0.3, -0.25) is 4.79 Å². The zero-order valence-corrected chi connectivity index (χ0v) is 20.9. The van der Waals surface area contributed by atoms with E-state index in [-0.39, 0.29) is 51.0 Å². The Kier molecular flexibility index (Phi) is 5.82. The minimum absolute atomic E-state index is 0.0231. The Morgan fingerprint density at radius 1 is 0.659 bits per heavy atom. The number of hydrogen-bond acceptors (Lipinski definition) is 11. The molecular formula is C30H22O11. The molecule has 2 aliphatic heterocycles. The second-order valence-corrected chi connectivity index (χ2v) is 9.66. The van der Waals surface area contributed by atoms with Crippen LogP contribution in [0.5, 0.6) is 51.7 Å². The molecule has 11 heteroatoms. The minimum atomic E-state index is -1.49. The van der Waals surface area contributed by atoms with Gasteiger partial charge in [0, 0.05) is 23.8 Å². The first-order valence-electron chi connectivity index (χ1n) is 12.3. The highest BCUT2D eigenvalue weighted by atomic mass is 16.5. The molecule has 8 N–H and O–H groups in total. The van der Waals surface area contributed by atoms with Crippen molar-refractivity contribution >= 4 is 11.5 Å². The highest BCUT2D eigenvalue weighted by molar-refractivity contribution is 6.08. The number of ether oxygens (including phenoxy) is 2. The topological polar surface area (TPSA) is 197 Å². The molecular weight excluding hydrogens is 536 g/mol. The normalized spacial score (nSPS) is 19.4. The van der Waals surface area contributed by atoms with Crippen LogP contribution >= 0.6 is 0 Å². The van der Waals surface area contributed by atoms with Gasteiger partial charge in [-0.2, -0.15) is 0 Å². The molecule has 0 amide bonds. The van der Waals surface area contributed by atoms with Crippen molar-refractivity contribution in [2.75, 3.05) is 0 Å². The lowest BCUT2D eigenvalue weighted by molar-refractivity contribution is 0.0767. The first-order chi connectivity index (χ1) is 19.5. The lowest BCUT2D eigenvalue weighted by Crippen LogP contribution is -2.31. The molecule has 0 radical (unpaired) electrons. The number of carbonyl (C=O) groups is 1. The fraction of sp³-hybridized carbons (Fsp3) is 0.100. The van der Waals surface area contributed by atoms with Gasteiger partial charge in [0.1, 0.15) is 63.8 Å². The van der Waals surface area contributed by atoms with Gasteiger partial charge in [-0.25, -0.2) is 0 Å². The highest BCUT2D eigenvalue weighted by Crippen LogP contribution is 2.56. The molecule has 2 heterocycles. The van der Waals surface area contributed by atoms with E-state index in [0.717, 1.165) is 18.2 Å². The molecule has 0 aliphatic carbocycles.